The summed E-state index contributed by atoms with van der Waals surface area (Å²) in [5, 5.41) is 11.8. The largest absolute Gasteiger partial charge is 0.487 e. The molecule has 0 heterocycles. The first-order valence-corrected chi connectivity index (χ1v) is 8.22. The third-order valence-electron chi connectivity index (χ3n) is 3.01. The molecule has 0 radical (unpaired) electrons. The fraction of sp³-hybridized carbons (Fsp3) is 0.526. The molecule has 2 N–H and O–H groups in total. The van der Waals surface area contributed by atoms with Crippen LogP contribution < -0.4 is 10.1 Å². The molecule has 0 aromatic heterocycles. The number of nitrogens with one attached hydrogen (secondary N) is 1. The Morgan fingerprint density at radius 3 is 2.64 bits per heavy atom. The minimum Gasteiger partial charge on any atom is -0.487 e. The summed E-state index contributed by atoms with van der Waals surface area (Å²) < 4.78 is 24.1. The van der Waals surface area contributed by atoms with Crippen molar-refractivity contribution in [2.45, 2.75) is 58.8 Å². The van der Waals surface area contributed by atoms with Gasteiger partial charge in [0.1, 0.15) is 23.3 Å². The Kier molecular flexibility index (Phi) is 7.72. The zero-order chi connectivity index (χ0) is 19.0. The van der Waals surface area contributed by atoms with Crippen LogP contribution >= 0.6 is 0 Å². The summed E-state index contributed by atoms with van der Waals surface area (Å²) in [5.74, 6) is 5.62. The average molecular weight is 351 g/mol. The molecule has 0 aliphatic heterocycles. The number of hydrogen-bond donors (Lipinski definition) is 2. The Hall–Kier alpha value is -2.26. The molecule has 1 rings (SSSR count). The van der Waals surface area contributed by atoms with Crippen LogP contribution in [0.4, 0.5) is 9.18 Å². The van der Waals surface area contributed by atoms with E-state index in [0.29, 0.717) is 12.0 Å². The molecule has 2 atom stereocenters. The molecule has 0 spiro atoms. The molecule has 0 saturated heterocycles. The molecule has 1 aromatic carbocycles. The number of benzene rings is 1. The molecule has 6 heteroatoms. The third-order valence-corrected chi connectivity index (χ3v) is 3.01. The van der Waals surface area contributed by atoms with Crippen molar-refractivity contribution in [3.05, 3.63) is 29.6 Å². The lowest BCUT2D eigenvalue weighted by molar-refractivity contribution is 0.0515. The van der Waals surface area contributed by atoms with Crippen molar-refractivity contribution >= 4 is 6.09 Å². The van der Waals surface area contributed by atoms with E-state index in [1.807, 2.05) is 6.92 Å². The summed E-state index contributed by atoms with van der Waals surface area (Å²) in [7, 11) is 0. The molecule has 0 saturated carbocycles. The molecule has 1 aromatic rings. The lowest BCUT2D eigenvalue weighted by Crippen LogP contribution is -2.38. The first-order valence-electron chi connectivity index (χ1n) is 8.22. The van der Waals surface area contributed by atoms with Gasteiger partial charge in [-0.1, -0.05) is 18.8 Å². The van der Waals surface area contributed by atoms with E-state index in [1.54, 1.807) is 27.7 Å². The van der Waals surface area contributed by atoms with Gasteiger partial charge in [-0.3, -0.25) is 0 Å². The number of hydrogen-bond acceptors (Lipinski definition) is 4. The molecule has 0 unspecified atom stereocenters. The van der Waals surface area contributed by atoms with Crippen molar-refractivity contribution in [3.8, 4) is 17.6 Å². The van der Waals surface area contributed by atoms with Crippen LogP contribution in [0.3, 0.4) is 0 Å². The van der Waals surface area contributed by atoms with Gasteiger partial charge in [-0.05, 0) is 46.2 Å². The molecule has 0 aliphatic carbocycles. The van der Waals surface area contributed by atoms with E-state index in [2.05, 4.69) is 17.2 Å². The SMILES string of the molecule is CC[C@@H](C#Cc1ccc(F)cc1O[C@H](C)CO)NC(=O)OC(C)(C)C. The van der Waals surface area contributed by atoms with Gasteiger partial charge in [0.25, 0.3) is 0 Å². The Bertz CT molecular complexity index is 643. The first kappa shape index (κ1) is 20.8. The number of halogens is 1. The zero-order valence-electron chi connectivity index (χ0n) is 15.4. The minimum absolute atomic E-state index is 0.193. The van der Waals surface area contributed by atoms with Gasteiger partial charge in [-0.25, -0.2) is 9.18 Å². The van der Waals surface area contributed by atoms with Gasteiger partial charge in [0.2, 0.25) is 0 Å². The monoisotopic (exact) mass is 351 g/mol. The second-order valence-electron chi connectivity index (χ2n) is 6.63. The molecule has 0 aliphatic rings. The minimum atomic E-state index is -0.589. The van der Waals surface area contributed by atoms with Crippen LogP contribution in [0.1, 0.15) is 46.6 Å². The molecule has 25 heavy (non-hydrogen) atoms. The molecular formula is C19H26FNO4. The highest BCUT2D eigenvalue weighted by Gasteiger charge is 2.18. The third kappa shape index (κ3) is 7.90. The van der Waals surface area contributed by atoms with Crippen molar-refractivity contribution < 1.29 is 23.8 Å². The second-order valence-corrected chi connectivity index (χ2v) is 6.63. The summed E-state index contributed by atoms with van der Waals surface area (Å²) in [4.78, 5) is 11.8. The maximum atomic E-state index is 13.4. The normalized spacial score (nSPS) is 13.2. The Morgan fingerprint density at radius 2 is 2.08 bits per heavy atom. The van der Waals surface area contributed by atoms with Crippen LogP contribution in [-0.2, 0) is 4.74 Å². The van der Waals surface area contributed by atoms with E-state index in [1.165, 1.54) is 18.2 Å². The molecular weight excluding hydrogens is 325 g/mol. The average Bonchev–Trinajstić information content (AvgIpc) is 2.50. The van der Waals surface area contributed by atoms with E-state index in [0.717, 1.165) is 0 Å². The van der Waals surface area contributed by atoms with Crippen molar-refractivity contribution in [1.29, 1.82) is 0 Å². The van der Waals surface area contributed by atoms with E-state index < -0.39 is 29.7 Å². The van der Waals surface area contributed by atoms with Crippen molar-refractivity contribution in [2.75, 3.05) is 6.61 Å². The Balaban J connectivity index is 2.91. The quantitative estimate of drug-likeness (QED) is 0.799. The van der Waals surface area contributed by atoms with Crippen LogP contribution in [-0.4, -0.2) is 35.6 Å². The number of aliphatic hydroxyl groups excluding tert-OH is 1. The molecule has 5 nitrogen and oxygen atoms in total. The highest BCUT2D eigenvalue weighted by molar-refractivity contribution is 5.68. The lowest BCUT2D eigenvalue weighted by Gasteiger charge is -2.21. The zero-order valence-corrected chi connectivity index (χ0v) is 15.4. The number of rotatable bonds is 5. The number of carbonyl (C=O) groups excluding carboxylic acids is 1. The molecule has 138 valence electrons. The van der Waals surface area contributed by atoms with Gasteiger partial charge in [0, 0.05) is 6.07 Å². The van der Waals surface area contributed by atoms with Crippen molar-refractivity contribution in [1.82, 2.24) is 5.32 Å². The maximum Gasteiger partial charge on any atom is 0.408 e. The molecule has 0 fully saturated rings. The van der Waals surface area contributed by atoms with Crippen LogP contribution in [0.5, 0.6) is 5.75 Å². The maximum absolute atomic E-state index is 13.4. The highest BCUT2D eigenvalue weighted by Crippen LogP contribution is 2.20. The lowest BCUT2D eigenvalue weighted by atomic mass is 10.1. The van der Waals surface area contributed by atoms with E-state index >= 15 is 0 Å². The summed E-state index contributed by atoms with van der Waals surface area (Å²) in [6, 6.07) is 3.59. The summed E-state index contributed by atoms with van der Waals surface area (Å²) in [6.07, 6.45) is -0.446. The number of aliphatic hydroxyl groups is 1. The number of ether oxygens (including phenoxy) is 2. The summed E-state index contributed by atoms with van der Waals surface area (Å²) in [6.45, 7) is 8.70. The first-order chi connectivity index (χ1) is 11.6. The van der Waals surface area contributed by atoms with Crippen LogP contribution in [0.25, 0.3) is 0 Å². The van der Waals surface area contributed by atoms with Gasteiger partial charge in [0.15, 0.2) is 0 Å². The fourth-order valence-corrected chi connectivity index (χ4v) is 1.81. The smallest absolute Gasteiger partial charge is 0.408 e. The Labute approximate surface area is 148 Å². The van der Waals surface area contributed by atoms with E-state index in [4.69, 9.17) is 14.6 Å². The van der Waals surface area contributed by atoms with Crippen LogP contribution in [0.2, 0.25) is 0 Å². The van der Waals surface area contributed by atoms with Gasteiger partial charge < -0.3 is 19.9 Å². The number of alkyl carbamates (subject to hydrolysis) is 1. The molecule has 0 bridgehead atoms. The van der Waals surface area contributed by atoms with Crippen molar-refractivity contribution in [2.24, 2.45) is 0 Å². The van der Waals surface area contributed by atoms with Crippen molar-refractivity contribution in [3.63, 3.8) is 0 Å². The number of amides is 1. The molecule has 1 amide bonds. The standard InChI is InChI=1S/C19H26FNO4/c1-6-16(21-18(23)25-19(3,4)5)10-8-14-7-9-15(20)11-17(14)24-13(2)12-22/h7,9,11,13,16,22H,6,12H2,1-5H3,(H,21,23)/t13-,16+/m1/s1. The van der Waals surface area contributed by atoms with Gasteiger partial charge >= 0.3 is 6.09 Å². The van der Waals surface area contributed by atoms with Gasteiger partial charge in [0.05, 0.1) is 18.2 Å². The van der Waals surface area contributed by atoms with E-state index in [9.17, 15) is 9.18 Å². The predicted octanol–water partition coefficient (Wildman–Crippen LogP) is 3.24. The van der Waals surface area contributed by atoms with Gasteiger partial charge in [-0.15, -0.1) is 0 Å². The van der Waals surface area contributed by atoms with Gasteiger partial charge in [-0.2, -0.15) is 0 Å². The second kappa shape index (κ2) is 9.28. The number of carbonyl (C=O) groups is 1. The fourth-order valence-electron chi connectivity index (χ4n) is 1.81. The van der Waals surface area contributed by atoms with E-state index in [-0.39, 0.29) is 12.4 Å². The highest BCUT2D eigenvalue weighted by atomic mass is 19.1. The van der Waals surface area contributed by atoms with Crippen LogP contribution in [0.15, 0.2) is 18.2 Å². The summed E-state index contributed by atoms with van der Waals surface area (Å²) >= 11 is 0. The Morgan fingerprint density at radius 1 is 1.40 bits per heavy atom. The summed E-state index contributed by atoms with van der Waals surface area (Å²) in [5.41, 5.74) is -0.111. The predicted molar refractivity (Wildman–Crippen MR) is 93.9 cm³/mol. The van der Waals surface area contributed by atoms with Crippen LogP contribution in [0, 0.1) is 17.7 Å². The topological polar surface area (TPSA) is 67.8 Å².